The van der Waals surface area contributed by atoms with Crippen LogP contribution in [0.25, 0.3) is 0 Å². The largest absolute Gasteiger partial charge is 0.370 e. The Morgan fingerprint density at radius 2 is 2.25 bits per heavy atom. The van der Waals surface area contributed by atoms with Crippen LogP contribution in [0.15, 0.2) is 36.8 Å². The molecule has 0 spiro atoms. The maximum atomic E-state index is 4.28. The summed E-state index contributed by atoms with van der Waals surface area (Å²) in [6.07, 6.45) is 6.63. The van der Waals surface area contributed by atoms with E-state index in [1.165, 1.54) is 5.56 Å². The number of hydrogen-bond acceptors (Lipinski definition) is 3. The van der Waals surface area contributed by atoms with Crippen molar-refractivity contribution in [2.24, 2.45) is 0 Å². The minimum atomic E-state index is 0.914. The third-order valence-electron chi connectivity index (χ3n) is 2.43. The summed E-state index contributed by atoms with van der Waals surface area (Å²) in [6, 6.07) is 5.95. The Labute approximate surface area is 95.3 Å². The Kier molecular flexibility index (Phi) is 3.53. The molecule has 0 bridgehead atoms. The maximum absolute atomic E-state index is 4.28. The van der Waals surface area contributed by atoms with Crippen molar-refractivity contribution in [1.82, 2.24) is 14.8 Å². The molecule has 2 aromatic heterocycles. The van der Waals surface area contributed by atoms with Gasteiger partial charge in [0.05, 0.1) is 0 Å². The van der Waals surface area contributed by atoms with Crippen molar-refractivity contribution >= 4 is 5.82 Å². The fraction of sp³-hybridized carbons (Fsp3) is 0.333. The molecule has 4 nitrogen and oxygen atoms in total. The minimum Gasteiger partial charge on any atom is -0.370 e. The number of rotatable bonds is 5. The molecule has 0 atom stereocenters. The molecule has 4 heteroatoms. The monoisotopic (exact) mass is 216 g/mol. The van der Waals surface area contributed by atoms with Crippen LogP contribution in [0.2, 0.25) is 0 Å². The molecule has 0 saturated carbocycles. The summed E-state index contributed by atoms with van der Waals surface area (Å²) in [5.41, 5.74) is 1.18. The fourth-order valence-electron chi connectivity index (χ4n) is 1.55. The number of aromatic nitrogens is 3. The van der Waals surface area contributed by atoms with E-state index in [9.17, 15) is 0 Å². The zero-order valence-electron chi connectivity index (χ0n) is 9.43. The van der Waals surface area contributed by atoms with Crippen LogP contribution in [0, 0.1) is 6.92 Å². The summed E-state index contributed by atoms with van der Waals surface area (Å²) in [6.45, 7) is 3.91. The highest BCUT2D eigenvalue weighted by atomic mass is 15.3. The Hall–Kier alpha value is -1.84. The van der Waals surface area contributed by atoms with E-state index in [2.05, 4.69) is 28.4 Å². The highest BCUT2D eigenvalue weighted by Gasteiger charge is 1.96. The van der Waals surface area contributed by atoms with Gasteiger partial charge in [-0.05, 0) is 31.0 Å². The molecule has 2 rings (SSSR count). The molecule has 0 aliphatic carbocycles. The highest BCUT2D eigenvalue weighted by molar-refractivity contribution is 5.42. The normalized spacial score (nSPS) is 10.3. The summed E-state index contributed by atoms with van der Waals surface area (Å²) in [5.74, 6) is 0.975. The molecule has 0 aliphatic heterocycles. The Bertz CT molecular complexity index is 422. The van der Waals surface area contributed by atoms with E-state index in [1.54, 1.807) is 6.20 Å². The van der Waals surface area contributed by atoms with Gasteiger partial charge in [-0.25, -0.2) is 4.98 Å². The van der Waals surface area contributed by atoms with E-state index in [1.807, 2.05) is 29.2 Å². The van der Waals surface area contributed by atoms with Crippen molar-refractivity contribution < 1.29 is 0 Å². The Morgan fingerprint density at radius 3 is 3.00 bits per heavy atom. The number of hydrogen-bond donors (Lipinski definition) is 1. The molecule has 16 heavy (non-hydrogen) atoms. The van der Waals surface area contributed by atoms with Crippen LogP contribution in [0.3, 0.4) is 0 Å². The van der Waals surface area contributed by atoms with Gasteiger partial charge in [-0.3, -0.25) is 4.68 Å². The zero-order chi connectivity index (χ0) is 11.2. The molecule has 2 heterocycles. The predicted molar refractivity (Wildman–Crippen MR) is 64.3 cm³/mol. The van der Waals surface area contributed by atoms with Crippen molar-refractivity contribution in [2.75, 3.05) is 11.9 Å². The predicted octanol–water partition coefficient (Wildman–Crippen LogP) is 2.09. The topological polar surface area (TPSA) is 42.7 Å². The number of pyridine rings is 1. The van der Waals surface area contributed by atoms with Gasteiger partial charge in [-0.15, -0.1) is 0 Å². The van der Waals surface area contributed by atoms with Crippen molar-refractivity contribution in [3.05, 3.63) is 42.4 Å². The summed E-state index contributed by atoms with van der Waals surface area (Å²) in [4.78, 5) is 4.28. The minimum absolute atomic E-state index is 0.914. The van der Waals surface area contributed by atoms with Gasteiger partial charge in [0.1, 0.15) is 5.82 Å². The van der Waals surface area contributed by atoms with Crippen LogP contribution in [-0.2, 0) is 6.54 Å². The molecule has 1 N–H and O–H groups in total. The molecule has 84 valence electrons. The van der Waals surface area contributed by atoms with Crippen LogP contribution >= 0.6 is 0 Å². The van der Waals surface area contributed by atoms with E-state index in [0.717, 1.165) is 25.3 Å². The van der Waals surface area contributed by atoms with Gasteiger partial charge >= 0.3 is 0 Å². The molecular weight excluding hydrogens is 200 g/mol. The lowest BCUT2D eigenvalue weighted by molar-refractivity contribution is 0.591. The standard InChI is InChI=1S/C12H16N4/c1-11-5-2-6-13-12(11)14-7-3-9-16-10-4-8-15-16/h2,4-6,8,10H,3,7,9H2,1H3,(H,13,14). The first-order chi connectivity index (χ1) is 7.86. The van der Waals surface area contributed by atoms with Gasteiger partial charge in [0.15, 0.2) is 0 Å². The molecule has 2 aromatic rings. The van der Waals surface area contributed by atoms with Gasteiger partial charge in [-0.2, -0.15) is 5.10 Å². The first-order valence-corrected chi connectivity index (χ1v) is 5.49. The van der Waals surface area contributed by atoms with Crippen LogP contribution in [0.4, 0.5) is 5.82 Å². The summed E-state index contributed by atoms with van der Waals surface area (Å²) in [5, 5.41) is 7.47. The van der Waals surface area contributed by atoms with Crippen molar-refractivity contribution in [1.29, 1.82) is 0 Å². The van der Waals surface area contributed by atoms with Crippen LogP contribution in [-0.4, -0.2) is 21.3 Å². The van der Waals surface area contributed by atoms with E-state index in [4.69, 9.17) is 0 Å². The summed E-state index contributed by atoms with van der Waals surface area (Å²) < 4.78 is 1.94. The summed E-state index contributed by atoms with van der Waals surface area (Å²) >= 11 is 0. The van der Waals surface area contributed by atoms with Crippen LogP contribution in [0.5, 0.6) is 0 Å². The average Bonchev–Trinajstić information content (AvgIpc) is 2.79. The molecule has 0 fully saturated rings. The second-order valence-corrected chi connectivity index (χ2v) is 3.72. The average molecular weight is 216 g/mol. The smallest absolute Gasteiger partial charge is 0.128 e. The molecule has 0 amide bonds. The van der Waals surface area contributed by atoms with Crippen molar-refractivity contribution in [3.8, 4) is 0 Å². The lowest BCUT2D eigenvalue weighted by Crippen LogP contribution is -2.08. The van der Waals surface area contributed by atoms with E-state index in [0.29, 0.717) is 0 Å². The number of nitrogens with one attached hydrogen (secondary N) is 1. The van der Waals surface area contributed by atoms with E-state index in [-0.39, 0.29) is 0 Å². The lowest BCUT2D eigenvalue weighted by atomic mass is 10.3. The first-order valence-electron chi connectivity index (χ1n) is 5.49. The summed E-state index contributed by atoms with van der Waals surface area (Å²) in [7, 11) is 0. The van der Waals surface area contributed by atoms with Gasteiger partial charge in [-0.1, -0.05) is 6.07 Å². The van der Waals surface area contributed by atoms with Crippen molar-refractivity contribution in [2.45, 2.75) is 19.9 Å². The third-order valence-corrected chi connectivity index (χ3v) is 2.43. The Morgan fingerprint density at radius 1 is 1.31 bits per heavy atom. The molecular formula is C12H16N4. The molecule has 0 unspecified atom stereocenters. The second-order valence-electron chi connectivity index (χ2n) is 3.72. The third kappa shape index (κ3) is 2.82. The lowest BCUT2D eigenvalue weighted by Gasteiger charge is -2.07. The highest BCUT2D eigenvalue weighted by Crippen LogP contribution is 2.08. The molecule has 0 aromatic carbocycles. The SMILES string of the molecule is Cc1cccnc1NCCCn1cccn1. The van der Waals surface area contributed by atoms with Gasteiger partial charge < -0.3 is 5.32 Å². The number of aryl methyl sites for hydroxylation is 2. The van der Waals surface area contributed by atoms with Gasteiger partial charge in [0, 0.05) is 31.7 Å². The Balaban J connectivity index is 1.74. The number of anilines is 1. The zero-order valence-corrected chi connectivity index (χ0v) is 9.43. The molecule has 0 radical (unpaired) electrons. The van der Waals surface area contributed by atoms with Gasteiger partial charge in [0.25, 0.3) is 0 Å². The fourth-order valence-corrected chi connectivity index (χ4v) is 1.55. The van der Waals surface area contributed by atoms with Crippen molar-refractivity contribution in [3.63, 3.8) is 0 Å². The number of nitrogens with zero attached hydrogens (tertiary/aromatic N) is 3. The van der Waals surface area contributed by atoms with E-state index >= 15 is 0 Å². The molecule has 0 saturated heterocycles. The van der Waals surface area contributed by atoms with E-state index < -0.39 is 0 Å². The molecule has 0 aliphatic rings. The van der Waals surface area contributed by atoms with Crippen LogP contribution < -0.4 is 5.32 Å². The van der Waals surface area contributed by atoms with Gasteiger partial charge in [0.2, 0.25) is 0 Å². The maximum Gasteiger partial charge on any atom is 0.128 e. The second kappa shape index (κ2) is 5.30. The quantitative estimate of drug-likeness (QED) is 0.778. The first kappa shape index (κ1) is 10.7. The van der Waals surface area contributed by atoms with Crippen LogP contribution in [0.1, 0.15) is 12.0 Å².